The second kappa shape index (κ2) is 8.06. The first-order valence-corrected chi connectivity index (χ1v) is 5.52. The first-order chi connectivity index (χ1) is 6.60. The Labute approximate surface area is 93.4 Å². The van der Waals surface area contributed by atoms with E-state index in [1.54, 1.807) is 0 Å². The van der Waals surface area contributed by atoms with Crippen LogP contribution in [0.2, 0.25) is 0 Å². The summed E-state index contributed by atoms with van der Waals surface area (Å²) in [5.74, 6) is -0.221. The van der Waals surface area contributed by atoms with Gasteiger partial charge in [-0.05, 0) is 18.8 Å². The smallest absolute Gasteiger partial charge is 0.303 e. The highest BCUT2D eigenvalue weighted by Crippen LogP contribution is 2.23. The van der Waals surface area contributed by atoms with Crippen LogP contribution in [0.25, 0.3) is 0 Å². The van der Waals surface area contributed by atoms with Crippen LogP contribution in [0.15, 0.2) is 0 Å². The number of alkyl halides is 2. The van der Waals surface area contributed by atoms with Gasteiger partial charge in [-0.1, -0.05) is 0 Å². The number of carbonyl (C=O) groups is 2. The van der Waals surface area contributed by atoms with Gasteiger partial charge in [-0.15, -0.1) is 23.2 Å². The first kappa shape index (κ1) is 13.7. The summed E-state index contributed by atoms with van der Waals surface area (Å²) in [4.78, 5) is 21.0. The summed E-state index contributed by atoms with van der Waals surface area (Å²) in [5, 5.41) is 8.64. The van der Waals surface area contributed by atoms with Crippen molar-refractivity contribution in [2.75, 3.05) is 5.34 Å². The monoisotopic (exact) mass is 240 g/mol. The molecule has 0 radical (unpaired) electrons. The third-order valence-corrected chi connectivity index (χ3v) is 2.13. The summed E-state index contributed by atoms with van der Waals surface area (Å²) in [6.45, 7) is 0. The maximum absolute atomic E-state index is 10.7. The largest absolute Gasteiger partial charge is 0.481 e. The quantitative estimate of drug-likeness (QED) is 0.756. The number of carboxylic acids is 1. The van der Waals surface area contributed by atoms with Crippen molar-refractivity contribution in [3.8, 4) is 0 Å². The van der Waals surface area contributed by atoms with E-state index in [1.165, 1.54) is 0 Å². The Kier molecular flexibility index (Phi) is 7.90. The predicted octanol–water partition coefficient (Wildman–Crippen LogP) is 2.64. The van der Waals surface area contributed by atoms with Gasteiger partial charge in [0, 0.05) is 19.3 Å². The number of carboxylic acid groups (broad SMARTS) is 1. The van der Waals surface area contributed by atoms with Gasteiger partial charge in [-0.2, -0.15) is 0 Å². The van der Waals surface area contributed by atoms with Gasteiger partial charge in [0.15, 0.2) is 0 Å². The lowest BCUT2D eigenvalue weighted by molar-refractivity contribution is -0.139. The van der Waals surface area contributed by atoms with Gasteiger partial charge in [0.25, 0.3) is 0 Å². The zero-order chi connectivity index (χ0) is 11.0. The van der Waals surface area contributed by atoms with Gasteiger partial charge in [-0.25, -0.2) is 0 Å². The highest BCUT2D eigenvalue weighted by atomic mass is 35.5. The number of rotatable bonds is 2. The van der Waals surface area contributed by atoms with E-state index in [1.807, 2.05) is 0 Å². The molecule has 0 amide bonds. The molecule has 5 heteroatoms. The molecule has 1 saturated carbocycles. The molecule has 14 heavy (non-hydrogen) atoms. The van der Waals surface area contributed by atoms with Crippen LogP contribution in [0.5, 0.6) is 0 Å². The van der Waals surface area contributed by atoms with Gasteiger partial charge in [0.05, 0.1) is 5.34 Å². The highest BCUT2D eigenvalue weighted by molar-refractivity contribution is 6.40. The SMILES string of the molecule is ClCCl.O=C(O)CC1CCC(=O)CC1. The molecule has 1 aliphatic carbocycles. The van der Waals surface area contributed by atoms with Gasteiger partial charge in [0.2, 0.25) is 0 Å². The summed E-state index contributed by atoms with van der Waals surface area (Å²) in [6, 6.07) is 0. The van der Waals surface area contributed by atoms with Crippen molar-refractivity contribution in [1.29, 1.82) is 0 Å². The van der Waals surface area contributed by atoms with Gasteiger partial charge in [-0.3, -0.25) is 9.59 Å². The van der Waals surface area contributed by atoms with Crippen molar-refractivity contribution in [1.82, 2.24) is 0 Å². The maximum Gasteiger partial charge on any atom is 0.303 e. The third kappa shape index (κ3) is 7.15. The molecule has 0 unspecified atom stereocenters. The molecular formula is C9H14Cl2O3. The van der Waals surface area contributed by atoms with E-state index in [0.717, 1.165) is 12.8 Å². The van der Waals surface area contributed by atoms with E-state index in [2.05, 4.69) is 0 Å². The Morgan fingerprint density at radius 3 is 2.14 bits per heavy atom. The summed E-state index contributed by atoms with van der Waals surface area (Å²) in [7, 11) is 0. The zero-order valence-corrected chi connectivity index (χ0v) is 9.35. The van der Waals surface area contributed by atoms with Gasteiger partial charge >= 0.3 is 5.97 Å². The lowest BCUT2D eigenvalue weighted by atomic mass is 9.86. The van der Waals surface area contributed by atoms with Crippen molar-refractivity contribution in [2.45, 2.75) is 32.1 Å². The number of ketones is 1. The van der Waals surface area contributed by atoms with E-state index in [4.69, 9.17) is 28.3 Å². The molecule has 1 fully saturated rings. The average Bonchev–Trinajstić information content (AvgIpc) is 2.09. The molecule has 0 aromatic carbocycles. The summed E-state index contributed by atoms with van der Waals surface area (Å²) >= 11 is 9.53. The van der Waals surface area contributed by atoms with Crippen LogP contribution in [-0.2, 0) is 9.59 Å². The van der Waals surface area contributed by atoms with Crippen LogP contribution in [0.4, 0.5) is 0 Å². The topological polar surface area (TPSA) is 54.4 Å². The molecule has 0 aliphatic heterocycles. The average molecular weight is 241 g/mol. The van der Waals surface area contributed by atoms with Gasteiger partial charge < -0.3 is 5.11 Å². The maximum atomic E-state index is 10.7. The molecule has 1 rings (SSSR count). The van der Waals surface area contributed by atoms with Crippen LogP contribution in [-0.4, -0.2) is 22.2 Å². The normalized spacial score (nSPS) is 17.1. The number of hydrogen-bond acceptors (Lipinski definition) is 2. The Hall–Kier alpha value is -0.280. The number of hydrogen-bond donors (Lipinski definition) is 1. The van der Waals surface area contributed by atoms with Crippen LogP contribution >= 0.6 is 23.2 Å². The minimum Gasteiger partial charge on any atom is -0.481 e. The Balaban J connectivity index is 0.000000500. The van der Waals surface area contributed by atoms with Gasteiger partial charge in [0.1, 0.15) is 5.78 Å². The third-order valence-electron chi connectivity index (χ3n) is 2.13. The van der Waals surface area contributed by atoms with Crippen molar-refractivity contribution >= 4 is 35.0 Å². The molecule has 3 nitrogen and oxygen atoms in total. The first-order valence-electron chi connectivity index (χ1n) is 4.45. The number of aliphatic carboxylic acids is 1. The number of Topliss-reactive ketones (excluding diaryl/α,β-unsaturated/α-hetero) is 1. The van der Waals surface area contributed by atoms with Crippen molar-refractivity contribution in [3.05, 3.63) is 0 Å². The van der Waals surface area contributed by atoms with E-state index in [9.17, 15) is 9.59 Å². The Bertz CT molecular complexity index is 184. The fourth-order valence-electron chi connectivity index (χ4n) is 1.45. The molecule has 0 spiro atoms. The summed E-state index contributed by atoms with van der Waals surface area (Å²) < 4.78 is 0. The van der Waals surface area contributed by atoms with E-state index in [-0.39, 0.29) is 23.5 Å². The molecule has 0 heterocycles. The molecule has 1 N–H and O–H groups in total. The van der Waals surface area contributed by atoms with Crippen molar-refractivity contribution in [2.24, 2.45) is 5.92 Å². The van der Waals surface area contributed by atoms with Crippen LogP contribution < -0.4 is 0 Å². The molecular weight excluding hydrogens is 227 g/mol. The second-order valence-corrected chi connectivity index (χ2v) is 3.99. The molecule has 0 bridgehead atoms. The fraction of sp³-hybridized carbons (Fsp3) is 0.778. The standard InChI is InChI=1S/C8H12O3.CH2Cl2/c9-7-3-1-6(2-4-7)5-8(10)11;2-1-3/h6H,1-5H2,(H,10,11);1H2. The van der Waals surface area contributed by atoms with Crippen LogP contribution in [0.1, 0.15) is 32.1 Å². The van der Waals surface area contributed by atoms with E-state index in [0.29, 0.717) is 12.8 Å². The Morgan fingerprint density at radius 2 is 1.79 bits per heavy atom. The lowest BCUT2D eigenvalue weighted by Gasteiger charge is -2.18. The van der Waals surface area contributed by atoms with Crippen molar-refractivity contribution < 1.29 is 14.7 Å². The predicted molar refractivity (Wildman–Crippen MR) is 55.8 cm³/mol. The molecule has 1 aliphatic rings. The van der Waals surface area contributed by atoms with E-state index >= 15 is 0 Å². The Morgan fingerprint density at radius 1 is 1.36 bits per heavy atom. The van der Waals surface area contributed by atoms with E-state index < -0.39 is 5.97 Å². The lowest BCUT2D eigenvalue weighted by Crippen LogP contribution is -2.16. The fourth-order valence-corrected chi connectivity index (χ4v) is 1.45. The number of carbonyl (C=O) groups excluding carboxylic acids is 1. The molecule has 0 saturated heterocycles. The molecule has 0 aromatic rings. The molecule has 0 atom stereocenters. The highest BCUT2D eigenvalue weighted by Gasteiger charge is 2.20. The second-order valence-electron chi connectivity index (χ2n) is 3.18. The number of halogens is 2. The molecule has 0 aromatic heterocycles. The van der Waals surface area contributed by atoms with Crippen LogP contribution in [0.3, 0.4) is 0 Å². The molecule has 82 valence electrons. The summed E-state index contributed by atoms with van der Waals surface area (Å²) in [5.41, 5.74) is 0. The minimum atomic E-state index is -0.746. The summed E-state index contributed by atoms with van der Waals surface area (Å²) in [6.07, 6.45) is 2.93. The minimum absolute atomic E-state index is 0.194. The zero-order valence-electron chi connectivity index (χ0n) is 7.84. The van der Waals surface area contributed by atoms with Crippen LogP contribution in [0, 0.1) is 5.92 Å². The van der Waals surface area contributed by atoms with Crippen molar-refractivity contribution in [3.63, 3.8) is 0 Å².